The van der Waals surface area contributed by atoms with E-state index in [0.29, 0.717) is 0 Å². The highest BCUT2D eigenvalue weighted by Crippen LogP contribution is 2.14. The number of tetrazole rings is 1. The lowest BCUT2D eigenvalue weighted by Crippen LogP contribution is -2.38. The fourth-order valence-corrected chi connectivity index (χ4v) is 3.35. The summed E-state index contributed by atoms with van der Waals surface area (Å²) in [5.74, 6) is 0. The van der Waals surface area contributed by atoms with Crippen molar-refractivity contribution in [2.75, 3.05) is 31.5 Å². The van der Waals surface area contributed by atoms with Gasteiger partial charge in [0.05, 0.1) is 5.69 Å². The van der Waals surface area contributed by atoms with Gasteiger partial charge < -0.3 is 10.2 Å². The van der Waals surface area contributed by atoms with Crippen molar-refractivity contribution < 1.29 is 4.79 Å². The molecule has 0 atom stereocenters. The molecule has 1 aromatic heterocycles. The number of urea groups is 1. The molecular weight excluding hydrogens is 354 g/mol. The summed E-state index contributed by atoms with van der Waals surface area (Å²) in [4.78, 5) is 17.0. The van der Waals surface area contributed by atoms with E-state index in [1.165, 1.54) is 11.9 Å². The van der Waals surface area contributed by atoms with E-state index >= 15 is 0 Å². The maximum atomic E-state index is 12.7. The van der Waals surface area contributed by atoms with Crippen LogP contribution >= 0.6 is 0 Å². The van der Waals surface area contributed by atoms with Gasteiger partial charge in [0.2, 0.25) is 0 Å². The summed E-state index contributed by atoms with van der Waals surface area (Å²) in [6.07, 6.45) is 2.50. The molecule has 1 aliphatic heterocycles. The van der Waals surface area contributed by atoms with Crippen molar-refractivity contribution in [2.24, 2.45) is 0 Å². The zero-order chi connectivity index (χ0) is 19.2. The lowest BCUT2D eigenvalue weighted by atomic mass is 10.2. The van der Waals surface area contributed by atoms with Gasteiger partial charge in [0.15, 0.2) is 0 Å². The molecule has 3 aromatic rings. The molecule has 4 rings (SSSR count). The first kappa shape index (κ1) is 18.1. The summed E-state index contributed by atoms with van der Waals surface area (Å²) < 4.78 is 1.57. The lowest BCUT2D eigenvalue weighted by Gasteiger charge is -2.22. The van der Waals surface area contributed by atoms with Gasteiger partial charge in [-0.05, 0) is 46.7 Å². The first-order valence-electron chi connectivity index (χ1n) is 9.43. The van der Waals surface area contributed by atoms with Crippen molar-refractivity contribution in [3.05, 3.63) is 66.5 Å². The topological polar surface area (TPSA) is 79.2 Å². The summed E-state index contributed by atoms with van der Waals surface area (Å²) in [6.45, 7) is 4.29. The van der Waals surface area contributed by atoms with Gasteiger partial charge in [-0.1, -0.05) is 30.3 Å². The fourth-order valence-electron chi connectivity index (χ4n) is 3.35. The third-order valence-electron chi connectivity index (χ3n) is 4.86. The molecule has 1 fully saturated rings. The van der Waals surface area contributed by atoms with Crippen LogP contribution in [0.3, 0.4) is 0 Å². The molecule has 28 heavy (non-hydrogen) atoms. The number of hydrogen-bond donors (Lipinski definition) is 1. The number of nitrogens with one attached hydrogen (secondary N) is 1. The molecule has 0 saturated carbocycles. The average molecular weight is 377 g/mol. The first-order chi connectivity index (χ1) is 13.8. The van der Waals surface area contributed by atoms with Crippen LogP contribution in [-0.2, 0) is 6.54 Å². The number of anilines is 1. The minimum atomic E-state index is -0.0586. The van der Waals surface area contributed by atoms with Gasteiger partial charge in [-0.2, -0.15) is 0 Å². The Bertz CT molecular complexity index is 881. The maximum absolute atomic E-state index is 12.7. The van der Waals surface area contributed by atoms with Crippen LogP contribution in [0.4, 0.5) is 10.5 Å². The molecule has 1 N–H and O–H groups in total. The second kappa shape index (κ2) is 8.62. The second-order valence-electron chi connectivity index (χ2n) is 6.83. The van der Waals surface area contributed by atoms with E-state index in [1.807, 2.05) is 35.2 Å². The van der Waals surface area contributed by atoms with Gasteiger partial charge in [0, 0.05) is 38.4 Å². The van der Waals surface area contributed by atoms with Crippen molar-refractivity contribution in [2.45, 2.75) is 13.0 Å². The Morgan fingerprint density at radius 3 is 2.54 bits per heavy atom. The maximum Gasteiger partial charge on any atom is 0.321 e. The Balaban J connectivity index is 1.31. The number of rotatable bonds is 4. The smallest absolute Gasteiger partial charge is 0.321 e. The zero-order valence-corrected chi connectivity index (χ0v) is 15.6. The van der Waals surface area contributed by atoms with Crippen LogP contribution in [0.1, 0.15) is 12.0 Å². The standard InChI is InChI=1S/C20H23N7O/c28-20(22-18-7-9-19(10-8-18)27-16-21-23-24-27)26-12-4-11-25(13-14-26)15-17-5-2-1-3-6-17/h1-3,5-10,16H,4,11-15H2,(H,22,28). The van der Waals surface area contributed by atoms with Gasteiger partial charge in [-0.3, -0.25) is 4.90 Å². The van der Waals surface area contributed by atoms with E-state index in [9.17, 15) is 4.79 Å². The van der Waals surface area contributed by atoms with E-state index < -0.39 is 0 Å². The molecule has 2 heterocycles. The molecule has 1 saturated heterocycles. The molecule has 0 radical (unpaired) electrons. The number of hydrogen-bond acceptors (Lipinski definition) is 5. The SMILES string of the molecule is O=C(Nc1ccc(-n2cnnn2)cc1)N1CCCN(Cc2ccccc2)CC1. The minimum absolute atomic E-state index is 0.0586. The van der Waals surface area contributed by atoms with E-state index in [0.717, 1.165) is 50.5 Å². The molecule has 2 amide bonds. The summed E-state index contributed by atoms with van der Waals surface area (Å²) >= 11 is 0. The number of nitrogens with zero attached hydrogens (tertiary/aromatic N) is 6. The Morgan fingerprint density at radius 2 is 1.79 bits per heavy atom. The van der Waals surface area contributed by atoms with Crippen LogP contribution in [0, 0.1) is 0 Å². The van der Waals surface area contributed by atoms with Crippen molar-refractivity contribution >= 4 is 11.7 Å². The predicted molar refractivity (Wildman–Crippen MR) is 106 cm³/mol. The molecule has 0 unspecified atom stereocenters. The third-order valence-corrected chi connectivity index (χ3v) is 4.86. The van der Waals surface area contributed by atoms with Crippen LogP contribution in [-0.4, -0.2) is 62.2 Å². The molecule has 8 nitrogen and oxygen atoms in total. The summed E-state index contributed by atoms with van der Waals surface area (Å²) in [7, 11) is 0. The summed E-state index contributed by atoms with van der Waals surface area (Å²) in [5.41, 5.74) is 2.91. The van der Waals surface area contributed by atoms with Crippen LogP contribution < -0.4 is 5.32 Å². The van der Waals surface area contributed by atoms with E-state index in [2.05, 4.69) is 50.0 Å². The number of amides is 2. The highest BCUT2D eigenvalue weighted by atomic mass is 16.2. The second-order valence-corrected chi connectivity index (χ2v) is 6.83. The van der Waals surface area contributed by atoms with Crippen molar-refractivity contribution in [1.29, 1.82) is 0 Å². The number of carbonyl (C=O) groups excluding carboxylic acids is 1. The molecule has 0 spiro atoms. The number of aromatic nitrogens is 4. The zero-order valence-electron chi connectivity index (χ0n) is 15.6. The fraction of sp³-hybridized carbons (Fsp3) is 0.300. The highest BCUT2D eigenvalue weighted by molar-refractivity contribution is 5.89. The normalized spacial score (nSPS) is 15.2. The summed E-state index contributed by atoms with van der Waals surface area (Å²) in [5, 5.41) is 14.1. The number of benzene rings is 2. The van der Waals surface area contributed by atoms with Crippen LogP contribution in [0.2, 0.25) is 0 Å². The monoisotopic (exact) mass is 377 g/mol. The molecule has 8 heteroatoms. The van der Waals surface area contributed by atoms with Gasteiger partial charge in [0.25, 0.3) is 0 Å². The quantitative estimate of drug-likeness (QED) is 0.755. The average Bonchev–Trinajstić information content (AvgIpc) is 3.16. The Morgan fingerprint density at radius 1 is 0.964 bits per heavy atom. The Hall–Kier alpha value is -3.26. The van der Waals surface area contributed by atoms with Gasteiger partial charge >= 0.3 is 6.03 Å². The van der Waals surface area contributed by atoms with Gasteiger partial charge in [-0.25, -0.2) is 9.48 Å². The van der Waals surface area contributed by atoms with Crippen molar-refractivity contribution in [1.82, 2.24) is 30.0 Å². The first-order valence-corrected chi connectivity index (χ1v) is 9.43. The molecule has 144 valence electrons. The van der Waals surface area contributed by atoms with Crippen LogP contribution in [0.25, 0.3) is 5.69 Å². The molecular formula is C20H23N7O. The van der Waals surface area contributed by atoms with Crippen LogP contribution in [0.15, 0.2) is 60.9 Å². The third kappa shape index (κ3) is 4.52. The van der Waals surface area contributed by atoms with E-state index in [1.54, 1.807) is 4.68 Å². The molecule has 0 aliphatic carbocycles. The lowest BCUT2D eigenvalue weighted by molar-refractivity contribution is 0.211. The number of carbonyl (C=O) groups is 1. The van der Waals surface area contributed by atoms with Crippen molar-refractivity contribution in [3.63, 3.8) is 0 Å². The molecule has 2 aromatic carbocycles. The highest BCUT2D eigenvalue weighted by Gasteiger charge is 2.19. The molecule has 1 aliphatic rings. The van der Waals surface area contributed by atoms with E-state index in [4.69, 9.17) is 0 Å². The van der Waals surface area contributed by atoms with Gasteiger partial charge in [0.1, 0.15) is 6.33 Å². The Kier molecular flexibility index (Phi) is 5.58. The largest absolute Gasteiger partial charge is 0.323 e. The summed E-state index contributed by atoms with van der Waals surface area (Å²) in [6, 6.07) is 17.9. The molecule has 0 bridgehead atoms. The van der Waals surface area contributed by atoms with Gasteiger partial charge in [-0.15, -0.1) is 5.10 Å². The van der Waals surface area contributed by atoms with E-state index in [-0.39, 0.29) is 6.03 Å². The van der Waals surface area contributed by atoms with Crippen molar-refractivity contribution in [3.8, 4) is 5.69 Å². The minimum Gasteiger partial charge on any atom is -0.323 e. The predicted octanol–water partition coefficient (Wildman–Crippen LogP) is 2.40. The Labute approximate surface area is 163 Å². The van der Waals surface area contributed by atoms with Crippen LogP contribution in [0.5, 0.6) is 0 Å².